The molecule has 0 aliphatic carbocycles. The van der Waals surface area contributed by atoms with Crippen molar-refractivity contribution in [3.8, 4) is 11.5 Å². The lowest BCUT2D eigenvalue weighted by Gasteiger charge is -2.16. The first-order chi connectivity index (χ1) is 11.0. The fourth-order valence-corrected chi connectivity index (χ4v) is 2.05. The highest BCUT2D eigenvalue weighted by Crippen LogP contribution is 2.29. The SMILES string of the molecule is COc1cc(C(=O)N(C)OC)ccc1OCc1ccc(Cl)cc1. The van der Waals surface area contributed by atoms with E-state index in [9.17, 15) is 4.79 Å². The summed E-state index contributed by atoms with van der Waals surface area (Å²) in [7, 11) is 4.50. The second-order valence-corrected chi connectivity index (χ2v) is 5.20. The van der Waals surface area contributed by atoms with E-state index in [2.05, 4.69) is 0 Å². The summed E-state index contributed by atoms with van der Waals surface area (Å²) >= 11 is 5.85. The quantitative estimate of drug-likeness (QED) is 0.757. The Hall–Kier alpha value is -2.24. The smallest absolute Gasteiger partial charge is 0.277 e. The van der Waals surface area contributed by atoms with Crippen molar-refractivity contribution in [2.45, 2.75) is 6.61 Å². The second kappa shape index (κ2) is 7.85. The zero-order chi connectivity index (χ0) is 16.8. The van der Waals surface area contributed by atoms with Gasteiger partial charge < -0.3 is 9.47 Å². The zero-order valence-electron chi connectivity index (χ0n) is 13.2. The van der Waals surface area contributed by atoms with Crippen molar-refractivity contribution < 1.29 is 19.1 Å². The van der Waals surface area contributed by atoms with Gasteiger partial charge in [-0.25, -0.2) is 5.06 Å². The molecule has 0 radical (unpaired) electrons. The van der Waals surface area contributed by atoms with E-state index in [-0.39, 0.29) is 5.91 Å². The van der Waals surface area contributed by atoms with Crippen molar-refractivity contribution in [2.75, 3.05) is 21.3 Å². The van der Waals surface area contributed by atoms with Crippen molar-refractivity contribution in [1.82, 2.24) is 5.06 Å². The van der Waals surface area contributed by atoms with E-state index in [4.69, 9.17) is 25.9 Å². The molecule has 0 aromatic heterocycles. The lowest BCUT2D eigenvalue weighted by atomic mass is 10.2. The van der Waals surface area contributed by atoms with Gasteiger partial charge in [0.1, 0.15) is 6.61 Å². The third-order valence-electron chi connectivity index (χ3n) is 3.28. The molecule has 122 valence electrons. The molecule has 6 heteroatoms. The number of ether oxygens (including phenoxy) is 2. The number of methoxy groups -OCH3 is 1. The first kappa shape index (κ1) is 17.1. The molecule has 0 N–H and O–H groups in total. The zero-order valence-corrected chi connectivity index (χ0v) is 14.0. The van der Waals surface area contributed by atoms with Crippen LogP contribution >= 0.6 is 11.6 Å². The first-order valence-electron chi connectivity index (χ1n) is 6.92. The van der Waals surface area contributed by atoms with Gasteiger partial charge in [-0.05, 0) is 35.9 Å². The molecule has 5 nitrogen and oxygen atoms in total. The van der Waals surface area contributed by atoms with Crippen molar-refractivity contribution in [2.24, 2.45) is 0 Å². The van der Waals surface area contributed by atoms with Crippen molar-refractivity contribution in [3.05, 3.63) is 58.6 Å². The minimum Gasteiger partial charge on any atom is -0.493 e. The lowest BCUT2D eigenvalue weighted by molar-refractivity contribution is -0.0757. The van der Waals surface area contributed by atoms with Crippen LogP contribution in [0, 0.1) is 0 Å². The molecule has 1 amide bonds. The molecule has 0 saturated carbocycles. The highest BCUT2D eigenvalue weighted by atomic mass is 35.5. The summed E-state index contributed by atoms with van der Waals surface area (Å²) < 4.78 is 11.1. The molecule has 2 aromatic rings. The number of carbonyl (C=O) groups is 1. The average Bonchev–Trinajstić information content (AvgIpc) is 2.59. The Morgan fingerprint density at radius 1 is 1.09 bits per heavy atom. The molecule has 2 rings (SSSR count). The third kappa shape index (κ3) is 4.37. The summed E-state index contributed by atoms with van der Waals surface area (Å²) in [5.74, 6) is 0.767. The van der Waals surface area contributed by atoms with E-state index in [1.807, 2.05) is 12.1 Å². The van der Waals surface area contributed by atoms with Gasteiger partial charge in [0, 0.05) is 17.6 Å². The van der Waals surface area contributed by atoms with Crippen LogP contribution in [0.1, 0.15) is 15.9 Å². The largest absolute Gasteiger partial charge is 0.493 e. The van der Waals surface area contributed by atoms with Crippen LogP contribution in [-0.4, -0.2) is 32.2 Å². The molecular formula is C17H18ClNO4. The monoisotopic (exact) mass is 335 g/mol. The van der Waals surface area contributed by atoms with E-state index in [1.54, 1.807) is 37.4 Å². The maximum absolute atomic E-state index is 12.1. The van der Waals surface area contributed by atoms with Gasteiger partial charge in [0.25, 0.3) is 5.91 Å². The predicted molar refractivity (Wildman–Crippen MR) is 87.9 cm³/mol. The summed E-state index contributed by atoms with van der Waals surface area (Å²) in [4.78, 5) is 16.9. The number of amides is 1. The molecule has 0 aliphatic rings. The van der Waals surface area contributed by atoms with Crippen LogP contribution in [-0.2, 0) is 11.4 Å². The van der Waals surface area contributed by atoms with Gasteiger partial charge in [-0.3, -0.25) is 9.63 Å². The standard InChI is InChI=1S/C17H18ClNO4/c1-19(22-3)17(20)13-6-9-15(16(10-13)21-2)23-11-12-4-7-14(18)8-5-12/h4-10H,11H2,1-3H3. The van der Waals surface area contributed by atoms with Gasteiger partial charge in [0.15, 0.2) is 11.5 Å². The summed E-state index contributed by atoms with van der Waals surface area (Å²) in [5.41, 5.74) is 1.43. The highest BCUT2D eigenvalue weighted by molar-refractivity contribution is 6.30. The van der Waals surface area contributed by atoms with Crippen LogP contribution < -0.4 is 9.47 Å². The number of hydroxylamine groups is 2. The number of hydrogen-bond acceptors (Lipinski definition) is 4. The molecule has 23 heavy (non-hydrogen) atoms. The maximum atomic E-state index is 12.1. The summed E-state index contributed by atoms with van der Waals surface area (Å²) in [6, 6.07) is 12.4. The minimum atomic E-state index is -0.268. The van der Waals surface area contributed by atoms with Crippen molar-refractivity contribution >= 4 is 17.5 Å². The number of halogens is 1. The molecule has 0 saturated heterocycles. The highest BCUT2D eigenvalue weighted by Gasteiger charge is 2.14. The molecular weight excluding hydrogens is 318 g/mol. The molecule has 0 heterocycles. The Labute approximate surface area is 140 Å². The van der Waals surface area contributed by atoms with Gasteiger partial charge >= 0.3 is 0 Å². The molecule has 0 fully saturated rings. The van der Waals surface area contributed by atoms with Gasteiger partial charge in [0.2, 0.25) is 0 Å². The second-order valence-electron chi connectivity index (χ2n) is 4.77. The van der Waals surface area contributed by atoms with Crippen LogP contribution in [0.3, 0.4) is 0 Å². The van der Waals surface area contributed by atoms with E-state index >= 15 is 0 Å². The third-order valence-corrected chi connectivity index (χ3v) is 3.53. The fraction of sp³-hybridized carbons (Fsp3) is 0.235. The number of benzene rings is 2. The fourth-order valence-electron chi connectivity index (χ4n) is 1.93. The minimum absolute atomic E-state index is 0.268. The summed E-state index contributed by atoms with van der Waals surface area (Å²) in [5, 5.41) is 1.82. The topological polar surface area (TPSA) is 48.0 Å². The van der Waals surface area contributed by atoms with Crippen LogP contribution in [0.4, 0.5) is 0 Å². The Bertz CT molecular complexity index is 673. The molecule has 0 unspecified atom stereocenters. The molecule has 0 bridgehead atoms. The Morgan fingerprint density at radius 3 is 2.39 bits per heavy atom. The summed E-state index contributed by atoms with van der Waals surface area (Å²) in [6.45, 7) is 0.374. The number of hydrogen-bond donors (Lipinski definition) is 0. The Kier molecular flexibility index (Phi) is 5.84. The predicted octanol–water partition coefficient (Wildman–Crippen LogP) is 3.56. The van der Waals surface area contributed by atoms with Gasteiger partial charge in [-0.15, -0.1) is 0 Å². The normalized spacial score (nSPS) is 10.3. The van der Waals surface area contributed by atoms with Crippen LogP contribution in [0.15, 0.2) is 42.5 Å². The van der Waals surface area contributed by atoms with Gasteiger partial charge in [-0.2, -0.15) is 0 Å². The van der Waals surface area contributed by atoms with E-state index in [0.29, 0.717) is 28.7 Å². The Morgan fingerprint density at radius 2 is 1.78 bits per heavy atom. The average molecular weight is 336 g/mol. The van der Waals surface area contributed by atoms with Crippen LogP contribution in [0.2, 0.25) is 5.02 Å². The van der Waals surface area contributed by atoms with Gasteiger partial charge in [0.05, 0.1) is 14.2 Å². The van der Waals surface area contributed by atoms with Gasteiger partial charge in [-0.1, -0.05) is 23.7 Å². The van der Waals surface area contributed by atoms with Crippen molar-refractivity contribution in [1.29, 1.82) is 0 Å². The Balaban J connectivity index is 2.13. The molecule has 0 spiro atoms. The number of carbonyl (C=O) groups excluding carboxylic acids is 1. The molecule has 0 aliphatic heterocycles. The molecule has 0 atom stereocenters. The van der Waals surface area contributed by atoms with Crippen LogP contribution in [0.25, 0.3) is 0 Å². The first-order valence-corrected chi connectivity index (χ1v) is 7.30. The van der Waals surface area contributed by atoms with Crippen LogP contribution in [0.5, 0.6) is 11.5 Å². The lowest BCUT2D eigenvalue weighted by Crippen LogP contribution is -2.25. The number of rotatable bonds is 6. The molecule has 2 aromatic carbocycles. The maximum Gasteiger partial charge on any atom is 0.277 e. The summed E-state index contributed by atoms with van der Waals surface area (Å²) in [6.07, 6.45) is 0. The van der Waals surface area contributed by atoms with E-state index in [1.165, 1.54) is 14.2 Å². The van der Waals surface area contributed by atoms with E-state index in [0.717, 1.165) is 10.6 Å². The number of nitrogens with zero attached hydrogens (tertiary/aromatic N) is 1. The van der Waals surface area contributed by atoms with E-state index < -0.39 is 0 Å². The van der Waals surface area contributed by atoms with Crippen molar-refractivity contribution in [3.63, 3.8) is 0 Å².